The summed E-state index contributed by atoms with van der Waals surface area (Å²) >= 11 is 0. The van der Waals surface area contributed by atoms with Gasteiger partial charge in [0, 0.05) is 6.07 Å². The van der Waals surface area contributed by atoms with Crippen molar-refractivity contribution in [1.82, 2.24) is 5.32 Å². The van der Waals surface area contributed by atoms with E-state index >= 15 is 0 Å². The summed E-state index contributed by atoms with van der Waals surface area (Å²) in [6, 6.07) is 25.6. The van der Waals surface area contributed by atoms with Gasteiger partial charge in [0.05, 0.1) is 31.5 Å². The first kappa shape index (κ1) is 21.4. The summed E-state index contributed by atoms with van der Waals surface area (Å²) in [6.45, 7) is 5.05. The summed E-state index contributed by atoms with van der Waals surface area (Å²) in [5.41, 5.74) is 2.81. The van der Waals surface area contributed by atoms with E-state index < -0.39 is 0 Å². The number of hydrogen-bond donors (Lipinski definition) is 2. The second-order valence-electron chi connectivity index (χ2n) is 6.71. The lowest BCUT2D eigenvalue weighted by molar-refractivity contribution is -0.115. The number of benzene rings is 3. The molecule has 156 valence electrons. The van der Waals surface area contributed by atoms with Crippen molar-refractivity contribution in [3.8, 4) is 11.5 Å². The maximum atomic E-state index is 12.7. The van der Waals surface area contributed by atoms with E-state index in [4.69, 9.17) is 9.47 Å². The highest BCUT2D eigenvalue weighted by Crippen LogP contribution is 2.29. The van der Waals surface area contributed by atoms with Crippen LogP contribution in [0.2, 0.25) is 0 Å². The molecule has 3 aromatic carbocycles. The van der Waals surface area contributed by atoms with Crippen molar-refractivity contribution < 1.29 is 14.3 Å². The number of amides is 1. The van der Waals surface area contributed by atoms with Crippen molar-refractivity contribution in [3.63, 3.8) is 0 Å². The molecular formula is C25H28N2O3. The lowest BCUT2D eigenvalue weighted by atomic mass is 9.99. The summed E-state index contributed by atoms with van der Waals surface area (Å²) < 4.78 is 11.2. The molecule has 0 spiro atoms. The van der Waals surface area contributed by atoms with Gasteiger partial charge >= 0.3 is 0 Å². The molecule has 0 radical (unpaired) electrons. The maximum absolute atomic E-state index is 12.7. The SMILES string of the molecule is CCOc1ccc(OCC)c(NC(=O)CNC(c2ccccc2)c2ccccc2)c1. The molecule has 0 aromatic heterocycles. The molecule has 0 saturated heterocycles. The molecule has 0 unspecified atom stereocenters. The van der Waals surface area contributed by atoms with E-state index in [0.717, 1.165) is 11.1 Å². The highest BCUT2D eigenvalue weighted by atomic mass is 16.5. The molecule has 0 saturated carbocycles. The molecule has 3 aromatic rings. The molecule has 0 heterocycles. The van der Waals surface area contributed by atoms with E-state index in [-0.39, 0.29) is 18.5 Å². The Morgan fingerprint density at radius 2 is 1.43 bits per heavy atom. The highest BCUT2D eigenvalue weighted by molar-refractivity contribution is 5.94. The number of anilines is 1. The molecule has 3 rings (SSSR count). The quantitative estimate of drug-likeness (QED) is 0.510. The first-order valence-corrected chi connectivity index (χ1v) is 10.2. The third kappa shape index (κ3) is 5.84. The molecule has 5 heteroatoms. The van der Waals surface area contributed by atoms with Crippen LogP contribution in [0, 0.1) is 0 Å². The minimum atomic E-state index is -0.151. The average molecular weight is 405 g/mol. The van der Waals surface area contributed by atoms with Gasteiger partial charge in [-0.05, 0) is 37.1 Å². The molecule has 0 aliphatic heterocycles. The van der Waals surface area contributed by atoms with Crippen molar-refractivity contribution in [2.45, 2.75) is 19.9 Å². The van der Waals surface area contributed by atoms with Gasteiger partial charge in [-0.15, -0.1) is 0 Å². The third-order valence-corrected chi connectivity index (χ3v) is 4.57. The van der Waals surface area contributed by atoms with Crippen molar-refractivity contribution >= 4 is 11.6 Å². The zero-order valence-corrected chi connectivity index (χ0v) is 17.4. The van der Waals surface area contributed by atoms with Crippen LogP contribution in [0.4, 0.5) is 5.69 Å². The molecule has 1 amide bonds. The Balaban J connectivity index is 1.72. The largest absolute Gasteiger partial charge is 0.494 e. The van der Waals surface area contributed by atoms with E-state index in [9.17, 15) is 4.79 Å². The predicted octanol–water partition coefficient (Wildman–Crippen LogP) is 4.80. The van der Waals surface area contributed by atoms with E-state index in [0.29, 0.717) is 30.4 Å². The van der Waals surface area contributed by atoms with Gasteiger partial charge in [0.15, 0.2) is 0 Å². The van der Waals surface area contributed by atoms with Crippen molar-refractivity contribution in [2.75, 3.05) is 25.1 Å². The van der Waals surface area contributed by atoms with Gasteiger partial charge in [-0.1, -0.05) is 60.7 Å². The molecule has 2 N–H and O–H groups in total. The van der Waals surface area contributed by atoms with E-state index in [1.807, 2.05) is 62.4 Å². The van der Waals surface area contributed by atoms with Crippen molar-refractivity contribution in [3.05, 3.63) is 90.0 Å². The summed E-state index contributed by atoms with van der Waals surface area (Å²) in [4.78, 5) is 12.7. The van der Waals surface area contributed by atoms with Gasteiger partial charge in [-0.25, -0.2) is 0 Å². The molecule has 0 aliphatic carbocycles. The molecule has 0 aliphatic rings. The number of carbonyl (C=O) groups excluding carboxylic acids is 1. The number of carbonyl (C=O) groups is 1. The number of ether oxygens (including phenoxy) is 2. The average Bonchev–Trinajstić information content (AvgIpc) is 2.77. The minimum Gasteiger partial charge on any atom is -0.494 e. The lowest BCUT2D eigenvalue weighted by Crippen LogP contribution is -2.32. The van der Waals surface area contributed by atoms with Crippen LogP contribution in [0.3, 0.4) is 0 Å². The number of rotatable bonds is 10. The maximum Gasteiger partial charge on any atom is 0.238 e. The van der Waals surface area contributed by atoms with Gasteiger partial charge in [0.2, 0.25) is 5.91 Å². The summed E-state index contributed by atoms with van der Waals surface area (Å²) in [6.07, 6.45) is 0. The van der Waals surface area contributed by atoms with Gasteiger partial charge in [0.1, 0.15) is 11.5 Å². The second-order valence-corrected chi connectivity index (χ2v) is 6.71. The molecule has 0 atom stereocenters. The van der Waals surface area contributed by atoms with Crippen LogP contribution in [-0.4, -0.2) is 25.7 Å². The summed E-state index contributed by atoms with van der Waals surface area (Å²) in [5.74, 6) is 1.16. The van der Waals surface area contributed by atoms with Gasteiger partial charge in [-0.2, -0.15) is 0 Å². The Hall–Kier alpha value is -3.31. The Morgan fingerprint density at radius 1 is 0.833 bits per heavy atom. The zero-order chi connectivity index (χ0) is 21.2. The van der Waals surface area contributed by atoms with Crippen LogP contribution < -0.4 is 20.1 Å². The highest BCUT2D eigenvalue weighted by Gasteiger charge is 2.16. The van der Waals surface area contributed by atoms with E-state index in [2.05, 4.69) is 34.9 Å². The minimum absolute atomic E-state index is 0.0840. The molecule has 30 heavy (non-hydrogen) atoms. The molecular weight excluding hydrogens is 376 g/mol. The monoisotopic (exact) mass is 404 g/mol. The van der Waals surface area contributed by atoms with Crippen LogP contribution in [0.1, 0.15) is 31.0 Å². The first-order chi connectivity index (χ1) is 14.7. The van der Waals surface area contributed by atoms with Gasteiger partial charge < -0.3 is 14.8 Å². The topological polar surface area (TPSA) is 59.6 Å². The Morgan fingerprint density at radius 3 is 2.00 bits per heavy atom. The van der Waals surface area contributed by atoms with Crippen LogP contribution >= 0.6 is 0 Å². The van der Waals surface area contributed by atoms with Crippen molar-refractivity contribution in [1.29, 1.82) is 0 Å². The number of hydrogen-bond acceptors (Lipinski definition) is 4. The lowest BCUT2D eigenvalue weighted by Gasteiger charge is -2.20. The third-order valence-electron chi connectivity index (χ3n) is 4.57. The standard InChI is InChI=1S/C25H28N2O3/c1-3-29-21-15-16-23(30-4-2)22(17-21)27-24(28)18-26-25(19-11-7-5-8-12-19)20-13-9-6-10-14-20/h5-17,25-26H,3-4,18H2,1-2H3,(H,27,28). The molecule has 0 bridgehead atoms. The Kier molecular flexibility index (Phi) is 7.86. The molecule has 0 fully saturated rings. The van der Waals surface area contributed by atoms with Gasteiger partial charge in [-0.3, -0.25) is 10.1 Å². The van der Waals surface area contributed by atoms with Crippen molar-refractivity contribution in [2.24, 2.45) is 0 Å². The fraction of sp³-hybridized carbons (Fsp3) is 0.240. The zero-order valence-electron chi connectivity index (χ0n) is 17.4. The Labute approximate surface area is 178 Å². The van der Waals surface area contributed by atoms with Crippen LogP contribution in [0.15, 0.2) is 78.9 Å². The van der Waals surface area contributed by atoms with Crippen LogP contribution in [0.25, 0.3) is 0 Å². The van der Waals surface area contributed by atoms with Crippen LogP contribution in [0.5, 0.6) is 11.5 Å². The summed E-state index contributed by atoms with van der Waals surface area (Å²) in [7, 11) is 0. The molecule has 5 nitrogen and oxygen atoms in total. The first-order valence-electron chi connectivity index (χ1n) is 10.2. The van der Waals surface area contributed by atoms with E-state index in [1.54, 1.807) is 6.07 Å². The smallest absolute Gasteiger partial charge is 0.238 e. The Bertz CT molecular complexity index is 890. The fourth-order valence-electron chi connectivity index (χ4n) is 3.25. The van der Waals surface area contributed by atoms with E-state index in [1.165, 1.54) is 0 Å². The number of nitrogens with one attached hydrogen (secondary N) is 2. The predicted molar refractivity (Wildman–Crippen MR) is 120 cm³/mol. The second kappa shape index (κ2) is 11.0. The van der Waals surface area contributed by atoms with Gasteiger partial charge in [0.25, 0.3) is 0 Å². The normalized spacial score (nSPS) is 10.6. The summed E-state index contributed by atoms with van der Waals surface area (Å²) in [5, 5.41) is 6.33. The fourth-order valence-corrected chi connectivity index (χ4v) is 3.25. The van der Waals surface area contributed by atoms with Crippen LogP contribution in [-0.2, 0) is 4.79 Å².